The van der Waals surface area contributed by atoms with Crippen LogP contribution in [0.25, 0.3) is 0 Å². The fourth-order valence-corrected chi connectivity index (χ4v) is 13.2. The first kappa shape index (κ1) is 87.3. The monoisotopic (exact) mass is 1250 g/mol. The van der Waals surface area contributed by atoms with E-state index in [9.17, 15) is 19.8 Å². The highest BCUT2D eigenvalue weighted by atomic mass is 16.5. The van der Waals surface area contributed by atoms with E-state index in [1.54, 1.807) is 0 Å². The summed E-state index contributed by atoms with van der Waals surface area (Å²) in [7, 11) is 0. The van der Waals surface area contributed by atoms with Crippen LogP contribution in [-0.2, 0) is 14.3 Å². The topological polar surface area (TPSA) is 95.9 Å². The van der Waals surface area contributed by atoms with Gasteiger partial charge in [-0.1, -0.05) is 404 Å². The van der Waals surface area contributed by atoms with Crippen molar-refractivity contribution in [1.82, 2.24) is 5.32 Å². The van der Waals surface area contributed by atoms with Gasteiger partial charge < -0.3 is 20.3 Å². The smallest absolute Gasteiger partial charge is 0.305 e. The van der Waals surface area contributed by atoms with Crippen LogP contribution in [-0.4, -0.2) is 47.4 Å². The molecule has 0 spiro atoms. The Bertz CT molecular complexity index is 1400. The van der Waals surface area contributed by atoms with Crippen LogP contribution in [0.5, 0.6) is 0 Å². The summed E-state index contributed by atoms with van der Waals surface area (Å²) in [6, 6.07) is -0.539. The van der Waals surface area contributed by atoms with E-state index in [0.717, 1.165) is 38.5 Å². The Kier molecular flexibility index (Phi) is 77.3. The summed E-state index contributed by atoms with van der Waals surface area (Å²) in [5, 5.41) is 23.4. The van der Waals surface area contributed by atoms with Gasteiger partial charge in [-0.2, -0.15) is 0 Å². The maximum absolute atomic E-state index is 12.6. The van der Waals surface area contributed by atoms with Gasteiger partial charge in [-0.05, 0) is 77.0 Å². The van der Waals surface area contributed by atoms with Crippen molar-refractivity contribution >= 4 is 11.9 Å². The van der Waals surface area contributed by atoms with Crippen molar-refractivity contribution < 1.29 is 24.5 Å². The molecular formula is C83H161NO5. The van der Waals surface area contributed by atoms with E-state index in [1.165, 1.54) is 398 Å². The fourth-order valence-electron chi connectivity index (χ4n) is 13.2. The molecular weight excluding hydrogens is 1090 g/mol. The lowest BCUT2D eigenvalue weighted by molar-refractivity contribution is -0.143. The zero-order chi connectivity index (χ0) is 64.2. The number of aliphatic hydroxyl groups is 2. The number of carbonyl (C=O) groups is 2. The SMILES string of the molecule is CCCCCCCC/C=C\CCCCCCCCCCCC(=O)OCCCCCCCCCCCCCCCC/C=C\CCCCCCCCCCCCCCCCCCCC(=O)NC(CO)C(O)CCCCCCCCCCCCCCCCCCCC. The van der Waals surface area contributed by atoms with Gasteiger partial charge in [0, 0.05) is 12.8 Å². The van der Waals surface area contributed by atoms with Crippen molar-refractivity contribution in [2.75, 3.05) is 13.2 Å². The van der Waals surface area contributed by atoms with E-state index < -0.39 is 12.1 Å². The molecule has 6 nitrogen and oxygen atoms in total. The highest BCUT2D eigenvalue weighted by Crippen LogP contribution is 2.20. The molecule has 0 heterocycles. The average molecular weight is 1250 g/mol. The Hall–Kier alpha value is -1.66. The van der Waals surface area contributed by atoms with Crippen molar-refractivity contribution in [2.45, 2.75) is 482 Å². The van der Waals surface area contributed by atoms with E-state index in [0.29, 0.717) is 25.9 Å². The molecule has 2 atom stereocenters. The van der Waals surface area contributed by atoms with Gasteiger partial charge in [0.25, 0.3) is 0 Å². The van der Waals surface area contributed by atoms with Crippen LogP contribution in [0.3, 0.4) is 0 Å². The van der Waals surface area contributed by atoms with Gasteiger partial charge in [-0.15, -0.1) is 0 Å². The number of hydrogen-bond donors (Lipinski definition) is 3. The maximum atomic E-state index is 12.6. The highest BCUT2D eigenvalue weighted by Gasteiger charge is 2.20. The highest BCUT2D eigenvalue weighted by molar-refractivity contribution is 5.76. The molecule has 89 heavy (non-hydrogen) atoms. The maximum Gasteiger partial charge on any atom is 0.305 e. The number of hydrogen-bond acceptors (Lipinski definition) is 5. The molecule has 0 aromatic heterocycles. The minimum atomic E-state index is -0.662. The van der Waals surface area contributed by atoms with Gasteiger partial charge in [-0.25, -0.2) is 0 Å². The van der Waals surface area contributed by atoms with Gasteiger partial charge in [0.05, 0.1) is 25.4 Å². The number of ether oxygens (including phenoxy) is 1. The van der Waals surface area contributed by atoms with Crippen LogP contribution in [0, 0.1) is 0 Å². The lowest BCUT2D eigenvalue weighted by Gasteiger charge is -2.22. The van der Waals surface area contributed by atoms with Crippen molar-refractivity contribution in [2.24, 2.45) is 0 Å². The number of rotatable bonds is 78. The van der Waals surface area contributed by atoms with Crippen LogP contribution >= 0.6 is 0 Å². The predicted molar refractivity (Wildman–Crippen MR) is 393 cm³/mol. The molecule has 2 unspecified atom stereocenters. The number of aliphatic hydroxyl groups excluding tert-OH is 2. The van der Waals surface area contributed by atoms with E-state index in [2.05, 4.69) is 43.5 Å². The standard InChI is InChI=1S/C83H161NO5/c1-3-5-7-9-11-13-15-17-19-21-40-45-49-53-57-61-65-69-73-77-83(88)89-78-74-70-66-62-58-54-50-46-42-39-37-35-33-31-29-27-25-23-24-26-28-30-32-34-36-38-41-44-48-52-56-60-64-68-72-76-82(87)84-80(79-85)81(86)75-71-67-63-59-55-51-47-43-22-20-18-16-14-12-10-8-6-4-2/h17,19,25,27,80-81,85-86H,3-16,18,20-24,26,28-79H2,1-2H3,(H,84,87)/b19-17-,27-25-. The fraction of sp³-hybridized carbons (Fsp3) is 0.928. The quantitative estimate of drug-likeness (QED) is 0.0320. The zero-order valence-electron chi connectivity index (χ0n) is 60.7. The normalized spacial score (nSPS) is 12.5. The number of carbonyl (C=O) groups excluding carboxylic acids is 2. The van der Waals surface area contributed by atoms with Crippen LogP contribution < -0.4 is 5.32 Å². The molecule has 0 saturated carbocycles. The van der Waals surface area contributed by atoms with Gasteiger partial charge in [0.2, 0.25) is 5.91 Å². The predicted octanol–water partition coefficient (Wildman–Crippen LogP) is 27.2. The molecule has 0 saturated heterocycles. The summed E-state index contributed by atoms with van der Waals surface area (Å²) in [4.78, 5) is 24.7. The first-order valence-corrected chi connectivity index (χ1v) is 41.1. The van der Waals surface area contributed by atoms with Crippen LogP contribution in [0.4, 0.5) is 0 Å². The second-order valence-corrected chi connectivity index (χ2v) is 28.5. The van der Waals surface area contributed by atoms with Crippen LogP contribution in [0.2, 0.25) is 0 Å². The zero-order valence-corrected chi connectivity index (χ0v) is 60.7. The minimum absolute atomic E-state index is 0.0209. The van der Waals surface area contributed by atoms with Gasteiger partial charge in [0.1, 0.15) is 0 Å². The molecule has 0 aliphatic carbocycles. The number of unbranched alkanes of at least 4 members (excludes halogenated alkanes) is 63. The second kappa shape index (κ2) is 78.8. The summed E-state index contributed by atoms with van der Waals surface area (Å²) >= 11 is 0. The van der Waals surface area contributed by atoms with Crippen LogP contribution in [0.1, 0.15) is 470 Å². The molecule has 1 amide bonds. The van der Waals surface area contributed by atoms with E-state index in [1.807, 2.05) is 0 Å². The Balaban J connectivity index is 3.32. The largest absolute Gasteiger partial charge is 0.466 e. The third-order valence-electron chi connectivity index (χ3n) is 19.5. The molecule has 0 fully saturated rings. The first-order valence-electron chi connectivity index (χ1n) is 41.1. The summed E-state index contributed by atoms with van der Waals surface area (Å²) < 4.78 is 5.52. The van der Waals surface area contributed by atoms with Crippen molar-refractivity contribution in [1.29, 1.82) is 0 Å². The third kappa shape index (κ3) is 75.3. The Labute approximate surface area is 558 Å². The summed E-state index contributed by atoms with van der Waals surface area (Å²) in [6.07, 6.45) is 101. The number of nitrogens with one attached hydrogen (secondary N) is 1. The van der Waals surface area contributed by atoms with Crippen molar-refractivity contribution in [3.05, 3.63) is 24.3 Å². The Morgan fingerprint density at radius 3 is 0.798 bits per heavy atom. The molecule has 0 aliphatic rings. The molecule has 6 heteroatoms. The average Bonchev–Trinajstić information content (AvgIpc) is 3.63. The molecule has 528 valence electrons. The summed E-state index contributed by atoms with van der Waals surface area (Å²) in [5.74, 6) is -0.00574. The molecule has 0 rings (SSSR count). The van der Waals surface area contributed by atoms with Crippen LogP contribution in [0.15, 0.2) is 24.3 Å². The summed E-state index contributed by atoms with van der Waals surface area (Å²) in [5.41, 5.74) is 0. The van der Waals surface area contributed by atoms with Crippen molar-refractivity contribution in [3.63, 3.8) is 0 Å². The molecule has 0 radical (unpaired) electrons. The lowest BCUT2D eigenvalue weighted by Crippen LogP contribution is -2.45. The van der Waals surface area contributed by atoms with E-state index in [-0.39, 0.29) is 18.5 Å². The lowest BCUT2D eigenvalue weighted by atomic mass is 10.0. The van der Waals surface area contributed by atoms with Gasteiger partial charge in [0.15, 0.2) is 0 Å². The number of allylic oxidation sites excluding steroid dienone is 4. The minimum Gasteiger partial charge on any atom is -0.466 e. The van der Waals surface area contributed by atoms with Gasteiger partial charge >= 0.3 is 5.97 Å². The first-order chi connectivity index (χ1) is 44.0. The molecule has 0 aromatic carbocycles. The molecule has 0 bridgehead atoms. The summed E-state index contributed by atoms with van der Waals surface area (Å²) in [6.45, 7) is 5.00. The Morgan fingerprint density at radius 1 is 0.303 bits per heavy atom. The third-order valence-corrected chi connectivity index (χ3v) is 19.5. The molecule has 0 aliphatic heterocycles. The second-order valence-electron chi connectivity index (χ2n) is 28.5. The van der Waals surface area contributed by atoms with E-state index >= 15 is 0 Å². The number of amides is 1. The van der Waals surface area contributed by atoms with Crippen molar-refractivity contribution in [3.8, 4) is 0 Å². The Morgan fingerprint density at radius 2 is 0.528 bits per heavy atom. The molecule has 3 N–H and O–H groups in total. The van der Waals surface area contributed by atoms with Gasteiger partial charge in [-0.3, -0.25) is 9.59 Å². The molecule has 0 aromatic rings. The van der Waals surface area contributed by atoms with E-state index in [4.69, 9.17) is 4.74 Å². The number of esters is 1.